The van der Waals surface area contributed by atoms with Gasteiger partial charge in [0.25, 0.3) is 5.69 Å². The minimum atomic E-state index is -0.605. The monoisotopic (exact) mass is 434 g/mol. The Kier molecular flexibility index (Phi) is 9.10. The van der Waals surface area contributed by atoms with Gasteiger partial charge in [0, 0.05) is 36.2 Å². The molecule has 0 unspecified atom stereocenters. The lowest BCUT2D eigenvalue weighted by atomic mass is 10.2. The number of hydrogen-bond acceptors (Lipinski definition) is 8. The number of amides is 1. The van der Waals surface area contributed by atoms with Crippen LogP contribution in [0.2, 0.25) is 0 Å². The van der Waals surface area contributed by atoms with E-state index in [0.29, 0.717) is 34.9 Å². The molecular formula is C20H22N2O7S. The van der Waals surface area contributed by atoms with Gasteiger partial charge in [-0.1, -0.05) is 12.1 Å². The van der Waals surface area contributed by atoms with Crippen molar-refractivity contribution in [3.8, 4) is 5.75 Å². The molecule has 0 fully saturated rings. The number of carbonyl (C=O) groups excluding carboxylic acids is 2. The van der Waals surface area contributed by atoms with Gasteiger partial charge >= 0.3 is 5.97 Å². The van der Waals surface area contributed by atoms with Crippen LogP contribution in [0, 0.1) is 10.1 Å². The van der Waals surface area contributed by atoms with Gasteiger partial charge in [0.15, 0.2) is 0 Å². The van der Waals surface area contributed by atoms with Crippen LogP contribution in [0.4, 0.5) is 5.69 Å². The van der Waals surface area contributed by atoms with Gasteiger partial charge in [-0.25, -0.2) is 4.79 Å². The van der Waals surface area contributed by atoms with Gasteiger partial charge in [0.05, 0.1) is 30.0 Å². The fraction of sp³-hybridized carbons (Fsp3) is 0.300. The zero-order valence-corrected chi connectivity index (χ0v) is 17.4. The van der Waals surface area contributed by atoms with E-state index in [4.69, 9.17) is 14.2 Å². The molecule has 0 aliphatic heterocycles. The van der Waals surface area contributed by atoms with Crippen LogP contribution < -0.4 is 10.1 Å². The van der Waals surface area contributed by atoms with Crippen LogP contribution in [-0.4, -0.2) is 49.9 Å². The van der Waals surface area contributed by atoms with Crippen molar-refractivity contribution in [1.29, 1.82) is 0 Å². The molecule has 0 aliphatic carbocycles. The zero-order valence-electron chi connectivity index (χ0n) is 16.6. The molecule has 0 saturated carbocycles. The first kappa shape index (κ1) is 23.2. The van der Waals surface area contributed by atoms with Gasteiger partial charge in [-0.15, -0.1) is 11.8 Å². The highest BCUT2D eigenvalue weighted by Gasteiger charge is 2.17. The number of nitrogens with zero attached hydrogens (tertiary/aromatic N) is 1. The average molecular weight is 434 g/mol. The molecule has 0 bridgehead atoms. The van der Waals surface area contributed by atoms with Crippen LogP contribution >= 0.6 is 11.8 Å². The zero-order chi connectivity index (χ0) is 21.9. The highest BCUT2D eigenvalue weighted by Crippen LogP contribution is 2.27. The Hall–Kier alpha value is -3.11. The molecule has 0 atom stereocenters. The van der Waals surface area contributed by atoms with Crippen molar-refractivity contribution in [2.75, 3.05) is 33.1 Å². The average Bonchev–Trinajstić information content (AvgIpc) is 2.76. The number of non-ortho nitro benzene ring substituents is 1. The van der Waals surface area contributed by atoms with Crippen molar-refractivity contribution in [2.24, 2.45) is 0 Å². The predicted octanol–water partition coefficient (Wildman–Crippen LogP) is 2.82. The molecule has 160 valence electrons. The van der Waals surface area contributed by atoms with Crippen molar-refractivity contribution < 1.29 is 28.7 Å². The second-order valence-corrected chi connectivity index (χ2v) is 6.97. The number of ether oxygens (including phenoxy) is 3. The molecule has 1 N–H and O–H groups in total. The topological polar surface area (TPSA) is 117 Å². The summed E-state index contributed by atoms with van der Waals surface area (Å²) in [6.45, 7) is 0.630. The maximum Gasteiger partial charge on any atom is 0.339 e. The molecule has 0 aliphatic rings. The maximum atomic E-state index is 12.6. The van der Waals surface area contributed by atoms with E-state index in [9.17, 15) is 19.7 Å². The van der Waals surface area contributed by atoms with Gasteiger partial charge in [0.2, 0.25) is 5.91 Å². The third kappa shape index (κ3) is 6.75. The van der Waals surface area contributed by atoms with Crippen LogP contribution in [0.25, 0.3) is 0 Å². The molecule has 1 amide bonds. The van der Waals surface area contributed by atoms with Gasteiger partial charge in [-0.3, -0.25) is 14.9 Å². The van der Waals surface area contributed by atoms with E-state index in [-0.39, 0.29) is 24.0 Å². The maximum absolute atomic E-state index is 12.6. The highest BCUT2D eigenvalue weighted by atomic mass is 32.2. The predicted molar refractivity (Wildman–Crippen MR) is 111 cm³/mol. The lowest BCUT2D eigenvalue weighted by molar-refractivity contribution is -0.385. The van der Waals surface area contributed by atoms with Crippen molar-refractivity contribution >= 4 is 29.3 Å². The van der Waals surface area contributed by atoms with Crippen LogP contribution in [0.5, 0.6) is 5.75 Å². The first-order valence-electron chi connectivity index (χ1n) is 8.92. The number of methoxy groups -OCH3 is 2. The molecule has 2 aromatic carbocycles. The fourth-order valence-electron chi connectivity index (χ4n) is 2.46. The van der Waals surface area contributed by atoms with E-state index in [0.717, 1.165) is 0 Å². The summed E-state index contributed by atoms with van der Waals surface area (Å²) in [7, 11) is 2.97. The Morgan fingerprint density at radius 1 is 1.17 bits per heavy atom. The number of nitro benzene ring substituents is 1. The number of benzene rings is 2. The van der Waals surface area contributed by atoms with Crippen molar-refractivity contribution in [3.05, 3.63) is 63.7 Å². The van der Waals surface area contributed by atoms with E-state index in [1.807, 2.05) is 0 Å². The van der Waals surface area contributed by atoms with E-state index in [1.165, 1.54) is 37.1 Å². The second-order valence-electron chi connectivity index (χ2n) is 5.96. The van der Waals surface area contributed by atoms with E-state index >= 15 is 0 Å². The molecule has 0 heterocycles. The molecule has 0 spiro atoms. The fourth-order valence-corrected chi connectivity index (χ4v) is 3.33. The summed E-state index contributed by atoms with van der Waals surface area (Å²) in [5.74, 6) is -0.274. The van der Waals surface area contributed by atoms with E-state index in [1.54, 1.807) is 31.4 Å². The van der Waals surface area contributed by atoms with E-state index in [2.05, 4.69) is 5.32 Å². The summed E-state index contributed by atoms with van der Waals surface area (Å²) in [5.41, 5.74) is 0.552. The van der Waals surface area contributed by atoms with Gasteiger partial charge in [-0.2, -0.15) is 0 Å². The minimum Gasteiger partial charge on any atom is -0.496 e. The van der Waals surface area contributed by atoms with Crippen LogP contribution in [0.3, 0.4) is 0 Å². The quantitative estimate of drug-likeness (QED) is 0.189. The summed E-state index contributed by atoms with van der Waals surface area (Å²) in [4.78, 5) is 35.5. The van der Waals surface area contributed by atoms with E-state index < -0.39 is 10.9 Å². The number of carbonyl (C=O) groups is 2. The van der Waals surface area contributed by atoms with Crippen molar-refractivity contribution in [1.82, 2.24) is 5.32 Å². The van der Waals surface area contributed by atoms with Gasteiger partial charge < -0.3 is 19.5 Å². The summed E-state index contributed by atoms with van der Waals surface area (Å²) in [6.07, 6.45) is 0. The molecule has 0 aromatic heterocycles. The van der Waals surface area contributed by atoms with Crippen LogP contribution in [0.1, 0.15) is 15.9 Å². The number of nitro groups is 1. The first-order valence-corrected chi connectivity index (χ1v) is 9.90. The number of rotatable bonds is 11. The first-order chi connectivity index (χ1) is 14.5. The molecule has 10 heteroatoms. The summed E-state index contributed by atoms with van der Waals surface area (Å²) < 4.78 is 15.4. The Balaban J connectivity index is 2.03. The van der Waals surface area contributed by atoms with Crippen molar-refractivity contribution in [3.63, 3.8) is 0 Å². The third-order valence-electron chi connectivity index (χ3n) is 3.93. The Morgan fingerprint density at radius 2 is 1.93 bits per heavy atom. The summed E-state index contributed by atoms with van der Waals surface area (Å²) in [5, 5.41) is 13.7. The second kappa shape index (κ2) is 11.8. The number of esters is 1. The molecule has 9 nitrogen and oxygen atoms in total. The molecule has 30 heavy (non-hydrogen) atoms. The lowest BCUT2D eigenvalue weighted by Crippen LogP contribution is -2.28. The minimum absolute atomic E-state index is 0.128. The van der Waals surface area contributed by atoms with Crippen LogP contribution in [-0.2, 0) is 20.9 Å². The Labute approximate surface area is 177 Å². The lowest BCUT2D eigenvalue weighted by Gasteiger charge is -2.11. The standard InChI is InChI=1S/C20H22N2O7S/c1-27-10-9-21-19(23)13-30-18-6-4-3-5-16(18)20(24)29-12-14-11-15(22(25)26)7-8-17(14)28-2/h3-8,11H,9-10,12-13H2,1-2H3,(H,21,23). The third-order valence-corrected chi connectivity index (χ3v) is 5.00. The van der Waals surface area contributed by atoms with Crippen LogP contribution in [0.15, 0.2) is 47.4 Å². The number of thioether (sulfide) groups is 1. The SMILES string of the molecule is COCCNC(=O)CSc1ccccc1C(=O)OCc1cc([N+](=O)[O-])ccc1OC. The molecule has 0 radical (unpaired) electrons. The molecule has 2 rings (SSSR count). The number of nitrogens with one attached hydrogen (secondary N) is 1. The number of hydrogen-bond donors (Lipinski definition) is 1. The van der Waals surface area contributed by atoms with Gasteiger partial charge in [-0.05, 0) is 18.2 Å². The summed E-state index contributed by atoms with van der Waals surface area (Å²) >= 11 is 1.21. The molecular weight excluding hydrogens is 412 g/mol. The normalized spacial score (nSPS) is 10.3. The summed E-state index contributed by atoms with van der Waals surface area (Å²) in [6, 6.07) is 10.8. The van der Waals surface area contributed by atoms with Gasteiger partial charge in [0.1, 0.15) is 12.4 Å². The molecule has 2 aromatic rings. The Bertz CT molecular complexity index is 904. The highest BCUT2D eigenvalue weighted by molar-refractivity contribution is 8.00. The molecule has 0 saturated heterocycles. The smallest absolute Gasteiger partial charge is 0.339 e. The van der Waals surface area contributed by atoms with Crippen molar-refractivity contribution in [2.45, 2.75) is 11.5 Å². The largest absolute Gasteiger partial charge is 0.496 e. The Morgan fingerprint density at radius 3 is 2.63 bits per heavy atom.